The zero-order valence-electron chi connectivity index (χ0n) is 12.4. The highest BCUT2D eigenvalue weighted by molar-refractivity contribution is 6.08. The Balaban J connectivity index is 2.18. The van der Waals surface area contributed by atoms with Gasteiger partial charge < -0.3 is 9.47 Å². The quantitative estimate of drug-likeness (QED) is 0.616. The van der Waals surface area contributed by atoms with Crippen molar-refractivity contribution in [2.75, 3.05) is 14.2 Å². The van der Waals surface area contributed by atoms with Gasteiger partial charge in [-0.15, -0.1) is 0 Å². The Morgan fingerprint density at radius 2 is 1.71 bits per heavy atom. The van der Waals surface area contributed by atoms with Gasteiger partial charge in [0.2, 0.25) is 0 Å². The number of allylic oxidation sites excluding steroid dienone is 1. The van der Waals surface area contributed by atoms with Gasteiger partial charge in [0.15, 0.2) is 5.78 Å². The number of methoxy groups -OCH3 is 2. The Hall–Kier alpha value is -2.55. The highest BCUT2D eigenvalue weighted by Crippen LogP contribution is 2.21. The van der Waals surface area contributed by atoms with E-state index in [1.54, 1.807) is 32.4 Å². The second-order valence-electron chi connectivity index (χ2n) is 4.67. The molecule has 0 N–H and O–H groups in total. The molecule has 0 aliphatic carbocycles. The highest BCUT2D eigenvalue weighted by Gasteiger charge is 2.09. The number of hydrogen-bond donors (Lipinski definition) is 0. The molecular weight excluding hydrogens is 264 g/mol. The maximum atomic E-state index is 12.2. The molecule has 0 aliphatic heterocycles. The number of carbonyl (C=O) groups is 1. The van der Waals surface area contributed by atoms with Gasteiger partial charge >= 0.3 is 0 Å². The van der Waals surface area contributed by atoms with Gasteiger partial charge in [0.1, 0.15) is 11.5 Å². The minimum atomic E-state index is -0.0809. The highest BCUT2D eigenvalue weighted by atomic mass is 16.5. The average molecular weight is 282 g/mol. The first-order chi connectivity index (χ1) is 10.1. The Morgan fingerprint density at radius 3 is 2.33 bits per heavy atom. The Kier molecular flexibility index (Phi) is 4.77. The van der Waals surface area contributed by atoms with Crippen LogP contribution in [0, 0.1) is 6.92 Å². The van der Waals surface area contributed by atoms with Crippen LogP contribution < -0.4 is 9.47 Å². The molecule has 0 fully saturated rings. The molecule has 0 aromatic heterocycles. The molecular formula is C18H18O3. The van der Waals surface area contributed by atoms with Crippen LogP contribution in [0.1, 0.15) is 21.5 Å². The minimum Gasteiger partial charge on any atom is -0.497 e. The van der Waals surface area contributed by atoms with Gasteiger partial charge in [-0.2, -0.15) is 0 Å². The van der Waals surface area contributed by atoms with Gasteiger partial charge in [-0.3, -0.25) is 4.79 Å². The number of ether oxygens (including phenoxy) is 2. The molecule has 0 bridgehead atoms. The van der Waals surface area contributed by atoms with Crippen molar-refractivity contribution < 1.29 is 14.3 Å². The fraction of sp³-hybridized carbons (Fsp3) is 0.167. The lowest BCUT2D eigenvalue weighted by Crippen LogP contribution is -1.99. The summed E-state index contributed by atoms with van der Waals surface area (Å²) in [5.74, 6) is 1.31. The van der Waals surface area contributed by atoms with Gasteiger partial charge in [0.25, 0.3) is 0 Å². The maximum absolute atomic E-state index is 12.2. The fourth-order valence-corrected chi connectivity index (χ4v) is 1.98. The van der Waals surface area contributed by atoms with E-state index in [4.69, 9.17) is 9.47 Å². The Morgan fingerprint density at radius 1 is 1.00 bits per heavy atom. The zero-order chi connectivity index (χ0) is 15.2. The van der Waals surface area contributed by atoms with Crippen molar-refractivity contribution in [3.63, 3.8) is 0 Å². The summed E-state index contributed by atoms with van der Waals surface area (Å²) >= 11 is 0. The molecule has 0 amide bonds. The second kappa shape index (κ2) is 6.75. The predicted molar refractivity (Wildman–Crippen MR) is 84.1 cm³/mol. The lowest BCUT2D eigenvalue weighted by Gasteiger charge is -2.06. The molecule has 2 rings (SSSR count). The molecule has 0 unspecified atom stereocenters. The van der Waals surface area contributed by atoms with Crippen molar-refractivity contribution in [3.05, 3.63) is 65.2 Å². The van der Waals surface area contributed by atoms with Crippen molar-refractivity contribution >= 4 is 11.9 Å². The number of rotatable bonds is 5. The van der Waals surface area contributed by atoms with Crippen LogP contribution in [0.25, 0.3) is 6.08 Å². The van der Waals surface area contributed by atoms with E-state index in [0.717, 1.165) is 16.9 Å². The molecule has 2 aromatic rings. The van der Waals surface area contributed by atoms with Crippen LogP contribution in [0.4, 0.5) is 0 Å². The standard InChI is InChI=1S/C18H18O3/c1-13-4-10-16(18(12-13)21-3)17(19)11-7-14-5-8-15(20-2)9-6-14/h4-12H,1-3H3/b11-7+. The van der Waals surface area contributed by atoms with Crippen LogP contribution in [-0.2, 0) is 0 Å². The SMILES string of the molecule is COc1ccc(/C=C/C(=O)c2ccc(C)cc2OC)cc1. The van der Waals surface area contributed by atoms with Crippen molar-refractivity contribution in [2.24, 2.45) is 0 Å². The summed E-state index contributed by atoms with van der Waals surface area (Å²) in [4.78, 5) is 12.2. The van der Waals surface area contributed by atoms with Crippen LogP contribution >= 0.6 is 0 Å². The summed E-state index contributed by atoms with van der Waals surface area (Å²) in [5.41, 5.74) is 2.56. The Bertz CT molecular complexity index is 655. The van der Waals surface area contributed by atoms with Crippen LogP contribution in [0.15, 0.2) is 48.5 Å². The normalized spacial score (nSPS) is 10.6. The first kappa shape index (κ1) is 14.9. The van der Waals surface area contributed by atoms with Crippen molar-refractivity contribution in [1.29, 1.82) is 0 Å². The van der Waals surface area contributed by atoms with E-state index in [1.165, 1.54) is 0 Å². The summed E-state index contributed by atoms with van der Waals surface area (Å²) in [5, 5.41) is 0. The van der Waals surface area contributed by atoms with E-state index in [9.17, 15) is 4.79 Å². The molecule has 2 aromatic carbocycles. The lowest BCUT2D eigenvalue weighted by atomic mass is 10.1. The van der Waals surface area contributed by atoms with E-state index in [0.29, 0.717) is 11.3 Å². The summed E-state index contributed by atoms with van der Waals surface area (Å²) in [6.07, 6.45) is 3.33. The second-order valence-corrected chi connectivity index (χ2v) is 4.67. The minimum absolute atomic E-state index is 0.0809. The van der Waals surface area contributed by atoms with Crippen molar-refractivity contribution in [1.82, 2.24) is 0 Å². The summed E-state index contributed by atoms with van der Waals surface area (Å²) in [6.45, 7) is 1.96. The predicted octanol–water partition coefficient (Wildman–Crippen LogP) is 3.91. The summed E-state index contributed by atoms with van der Waals surface area (Å²) in [6, 6.07) is 13.1. The molecule has 0 radical (unpaired) electrons. The van der Waals surface area contributed by atoms with E-state index >= 15 is 0 Å². The molecule has 3 heteroatoms. The van der Waals surface area contributed by atoms with E-state index < -0.39 is 0 Å². The number of benzene rings is 2. The molecule has 108 valence electrons. The van der Waals surface area contributed by atoms with E-state index in [-0.39, 0.29) is 5.78 Å². The molecule has 0 saturated heterocycles. The van der Waals surface area contributed by atoms with E-state index in [2.05, 4.69) is 0 Å². The van der Waals surface area contributed by atoms with E-state index in [1.807, 2.05) is 43.3 Å². The monoisotopic (exact) mass is 282 g/mol. The molecule has 21 heavy (non-hydrogen) atoms. The van der Waals surface area contributed by atoms with Gasteiger partial charge in [-0.05, 0) is 48.4 Å². The number of ketones is 1. The van der Waals surface area contributed by atoms with Gasteiger partial charge in [0, 0.05) is 0 Å². The van der Waals surface area contributed by atoms with Gasteiger partial charge in [-0.25, -0.2) is 0 Å². The third-order valence-electron chi connectivity index (χ3n) is 3.17. The average Bonchev–Trinajstić information content (AvgIpc) is 2.52. The van der Waals surface area contributed by atoms with Crippen LogP contribution in [-0.4, -0.2) is 20.0 Å². The van der Waals surface area contributed by atoms with Gasteiger partial charge in [0.05, 0.1) is 19.8 Å². The number of hydrogen-bond acceptors (Lipinski definition) is 3. The maximum Gasteiger partial charge on any atom is 0.189 e. The van der Waals surface area contributed by atoms with Crippen molar-refractivity contribution in [3.8, 4) is 11.5 Å². The molecule has 0 saturated carbocycles. The summed E-state index contributed by atoms with van der Waals surface area (Å²) < 4.78 is 10.4. The lowest BCUT2D eigenvalue weighted by molar-refractivity contribution is 0.104. The first-order valence-electron chi connectivity index (χ1n) is 6.65. The number of carbonyl (C=O) groups excluding carboxylic acids is 1. The molecule has 0 spiro atoms. The topological polar surface area (TPSA) is 35.5 Å². The zero-order valence-corrected chi connectivity index (χ0v) is 12.4. The third kappa shape index (κ3) is 3.72. The van der Waals surface area contributed by atoms with Crippen LogP contribution in [0.3, 0.4) is 0 Å². The fourth-order valence-electron chi connectivity index (χ4n) is 1.98. The van der Waals surface area contributed by atoms with Crippen LogP contribution in [0.2, 0.25) is 0 Å². The molecule has 0 atom stereocenters. The molecule has 3 nitrogen and oxygen atoms in total. The van der Waals surface area contributed by atoms with Gasteiger partial charge in [-0.1, -0.05) is 24.3 Å². The molecule has 0 aliphatic rings. The first-order valence-corrected chi connectivity index (χ1v) is 6.65. The third-order valence-corrected chi connectivity index (χ3v) is 3.17. The Labute approximate surface area is 124 Å². The molecule has 0 heterocycles. The smallest absolute Gasteiger partial charge is 0.189 e. The summed E-state index contributed by atoms with van der Waals surface area (Å²) in [7, 11) is 3.19. The van der Waals surface area contributed by atoms with Crippen molar-refractivity contribution in [2.45, 2.75) is 6.92 Å². The number of aryl methyl sites for hydroxylation is 1. The largest absolute Gasteiger partial charge is 0.497 e. The van der Waals surface area contributed by atoms with Crippen LogP contribution in [0.5, 0.6) is 11.5 Å².